The van der Waals surface area contributed by atoms with E-state index in [0.29, 0.717) is 11.7 Å². The minimum atomic E-state index is 0.390. The molecule has 0 bridgehead atoms. The number of Topliss-reactive ketones (excluding diaryl/α,β-unsaturated/α-hetero) is 1. The van der Waals surface area contributed by atoms with Gasteiger partial charge >= 0.3 is 0 Å². The van der Waals surface area contributed by atoms with E-state index in [0.717, 1.165) is 18.4 Å². The fraction of sp³-hybridized carbons (Fsp3) is 0.750. The molecule has 74 valence electrons. The Labute approximate surface area is 81.2 Å². The summed E-state index contributed by atoms with van der Waals surface area (Å²) in [5.41, 5.74) is 2.45. The third-order valence-electron chi connectivity index (χ3n) is 3.08. The monoisotopic (exact) mass is 180 g/mol. The van der Waals surface area contributed by atoms with Crippen LogP contribution < -0.4 is 0 Å². The van der Waals surface area contributed by atoms with E-state index in [1.54, 1.807) is 0 Å². The van der Waals surface area contributed by atoms with Gasteiger partial charge < -0.3 is 0 Å². The number of hydrogen-bond donors (Lipinski definition) is 0. The van der Waals surface area contributed by atoms with Crippen LogP contribution in [-0.2, 0) is 4.79 Å². The van der Waals surface area contributed by atoms with E-state index >= 15 is 0 Å². The highest BCUT2D eigenvalue weighted by Crippen LogP contribution is 2.31. The van der Waals surface area contributed by atoms with Gasteiger partial charge in [-0.25, -0.2) is 0 Å². The second-order valence-electron chi connectivity index (χ2n) is 4.07. The molecule has 0 aromatic rings. The lowest BCUT2D eigenvalue weighted by molar-refractivity contribution is -0.117. The lowest BCUT2D eigenvalue weighted by atomic mass is 9.80. The standard InChI is InChI=1S/C12H20O/c1-4-6-10-7-11(5-2)9(3)12(13)8-10/h10H,4-8H2,1-3H3. The van der Waals surface area contributed by atoms with E-state index in [2.05, 4.69) is 13.8 Å². The van der Waals surface area contributed by atoms with Crippen LogP contribution in [0.2, 0.25) is 0 Å². The molecule has 0 amide bonds. The summed E-state index contributed by atoms with van der Waals surface area (Å²) in [5, 5.41) is 0. The highest BCUT2D eigenvalue weighted by Gasteiger charge is 2.23. The van der Waals surface area contributed by atoms with E-state index in [9.17, 15) is 4.79 Å². The first-order chi connectivity index (χ1) is 6.19. The summed E-state index contributed by atoms with van der Waals surface area (Å²) in [6, 6.07) is 0. The van der Waals surface area contributed by atoms with Gasteiger partial charge in [-0.1, -0.05) is 25.8 Å². The fourth-order valence-electron chi connectivity index (χ4n) is 2.21. The zero-order valence-corrected chi connectivity index (χ0v) is 9.02. The third kappa shape index (κ3) is 2.43. The molecule has 0 aromatic carbocycles. The van der Waals surface area contributed by atoms with Crippen LogP contribution >= 0.6 is 0 Å². The lowest BCUT2D eigenvalue weighted by Gasteiger charge is -2.24. The summed E-state index contributed by atoms with van der Waals surface area (Å²) < 4.78 is 0. The van der Waals surface area contributed by atoms with Gasteiger partial charge in [0.25, 0.3) is 0 Å². The Hall–Kier alpha value is -0.590. The van der Waals surface area contributed by atoms with Crippen LogP contribution in [0.3, 0.4) is 0 Å². The smallest absolute Gasteiger partial charge is 0.158 e. The van der Waals surface area contributed by atoms with Crippen molar-refractivity contribution in [3.63, 3.8) is 0 Å². The van der Waals surface area contributed by atoms with Crippen LogP contribution in [0.5, 0.6) is 0 Å². The summed E-state index contributed by atoms with van der Waals surface area (Å²) in [6.07, 6.45) is 5.43. The summed E-state index contributed by atoms with van der Waals surface area (Å²) >= 11 is 0. The number of carbonyl (C=O) groups is 1. The van der Waals surface area contributed by atoms with Crippen LogP contribution in [0.15, 0.2) is 11.1 Å². The molecule has 1 unspecified atom stereocenters. The van der Waals surface area contributed by atoms with Gasteiger partial charge in [0.1, 0.15) is 0 Å². The molecule has 0 radical (unpaired) electrons. The van der Waals surface area contributed by atoms with Crippen molar-refractivity contribution in [2.24, 2.45) is 5.92 Å². The van der Waals surface area contributed by atoms with Crippen molar-refractivity contribution in [1.29, 1.82) is 0 Å². The van der Waals surface area contributed by atoms with Crippen LogP contribution in [0.4, 0.5) is 0 Å². The second-order valence-corrected chi connectivity index (χ2v) is 4.07. The molecule has 0 fully saturated rings. The van der Waals surface area contributed by atoms with Gasteiger partial charge in [-0.2, -0.15) is 0 Å². The zero-order chi connectivity index (χ0) is 9.84. The topological polar surface area (TPSA) is 17.1 Å². The van der Waals surface area contributed by atoms with E-state index < -0.39 is 0 Å². The Morgan fingerprint density at radius 3 is 2.54 bits per heavy atom. The van der Waals surface area contributed by atoms with E-state index in [-0.39, 0.29) is 0 Å². The number of rotatable bonds is 3. The summed E-state index contributed by atoms with van der Waals surface area (Å²) in [6.45, 7) is 6.34. The molecular formula is C12H20O. The third-order valence-corrected chi connectivity index (χ3v) is 3.08. The van der Waals surface area contributed by atoms with Gasteiger partial charge in [-0.15, -0.1) is 0 Å². The Morgan fingerprint density at radius 2 is 2.00 bits per heavy atom. The van der Waals surface area contributed by atoms with Gasteiger partial charge in [0.2, 0.25) is 0 Å². The first kappa shape index (κ1) is 10.5. The van der Waals surface area contributed by atoms with E-state index in [1.807, 2.05) is 6.92 Å². The van der Waals surface area contributed by atoms with Gasteiger partial charge in [-0.05, 0) is 37.7 Å². The molecule has 0 aliphatic heterocycles. The van der Waals surface area contributed by atoms with Crippen LogP contribution in [-0.4, -0.2) is 5.78 Å². The molecule has 0 N–H and O–H groups in total. The van der Waals surface area contributed by atoms with Crippen molar-refractivity contribution in [3.8, 4) is 0 Å². The SMILES string of the molecule is CCCC1CC(=O)C(C)=C(CC)C1. The molecule has 0 heterocycles. The Balaban J connectivity index is 2.70. The molecule has 13 heavy (non-hydrogen) atoms. The predicted octanol–water partition coefficient (Wildman–Crippen LogP) is 3.49. The molecule has 1 heteroatoms. The van der Waals surface area contributed by atoms with Crippen molar-refractivity contribution in [3.05, 3.63) is 11.1 Å². The van der Waals surface area contributed by atoms with Crippen molar-refractivity contribution in [1.82, 2.24) is 0 Å². The normalized spacial score (nSPS) is 23.9. The fourth-order valence-corrected chi connectivity index (χ4v) is 2.21. The molecule has 1 aliphatic carbocycles. The minimum Gasteiger partial charge on any atom is -0.295 e. The van der Waals surface area contributed by atoms with Crippen LogP contribution in [0.25, 0.3) is 0 Å². The first-order valence-corrected chi connectivity index (χ1v) is 5.40. The van der Waals surface area contributed by atoms with Crippen molar-refractivity contribution < 1.29 is 4.79 Å². The maximum Gasteiger partial charge on any atom is 0.158 e. The second kappa shape index (κ2) is 4.59. The number of carbonyl (C=O) groups excluding carboxylic acids is 1. The predicted molar refractivity (Wildman–Crippen MR) is 55.6 cm³/mol. The average molecular weight is 180 g/mol. The van der Waals surface area contributed by atoms with Crippen LogP contribution in [0, 0.1) is 5.92 Å². The summed E-state index contributed by atoms with van der Waals surface area (Å²) in [4.78, 5) is 11.6. The average Bonchev–Trinajstić information content (AvgIpc) is 2.11. The molecule has 1 rings (SSSR count). The number of ketones is 1. The zero-order valence-electron chi connectivity index (χ0n) is 9.02. The van der Waals surface area contributed by atoms with E-state index in [1.165, 1.54) is 24.8 Å². The molecule has 0 saturated carbocycles. The number of hydrogen-bond acceptors (Lipinski definition) is 1. The molecule has 1 atom stereocenters. The molecule has 0 aromatic heterocycles. The Kier molecular flexibility index (Phi) is 3.71. The highest BCUT2D eigenvalue weighted by molar-refractivity contribution is 5.96. The van der Waals surface area contributed by atoms with Crippen LogP contribution in [0.1, 0.15) is 52.9 Å². The summed E-state index contributed by atoms with van der Waals surface area (Å²) in [7, 11) is 0. The Morgan fingerprint density at radius 1 is 1.31 bits per heavy atom. The molecular weight excluding hydrogens is 160 g/mol. The first-order valence-electron chi connectivity index (χ1n) is 5.40. The van der Waals surface area contributed by atoms with Gasteiger partial charge in [-0.3, -0.25) is 4.79 Å². The maximum atomic E-state index is 11.6. The Bertz CT molecular complexity index is 225. The highest BCUT2D eigenvalue weighted by atomic mass is 16.1. The maximum absolute atomic E-state index is 11.6. The van der Waals surface area contributed by atoms with Gasteiger partial charge in [0, 0.05) is 6.42 Å². The van der Waals surface area contributed by atoms with Crippen molar-refractivity contribution in [2.75, 3.05) is 0 Å². The molecule has 0 spiro atoms. The van der Waals surface area contributed by atoms with Crippen molar-refractivity contribution >= 4 is 5.78 Å². The molecule has 1 nitrogen and oxygen atoms in total. The largest absolute Gasteiger partial charge is 0.295 e. The van der Waals surface area contributed by atoms with Crippen molar-refractivity contribution in [2.45, 2.75) is 52.9 Å². The van der Waals surface area contributed by atoms with Gasteiger partial charge in [0.15, 0.2) is 5.78 Å². The molecule has 0 saturated heterocycles. The quantitative estimate of drug-likeness (QED) is 0.649. The van der Waals surface area contributed by atoms with E-state index in [4.69, 9.17) is 0 Å². The molecule has 1 aliphatic rings. The number of allylic oxidation sites excluding steroid dienone is 2. The van der Waals surface area contributed by atoms with Gasteiger partial charge in [0.05, 0.1) is 0 Å². The lowest BCUT2D eigenvalue weighted by Crippen LogP contribution is -2.17. The summed E-state index contributed by atoms with van der Waals surface area (Å²) in [5.74, 6) is 1.03. The minimum absolute atomic E-state index is 0.390.